The van der Waals surface area contributed by atoms with E-state index in [1.165, 1.54) is 0 Å². The number of aromatic nitrogens is 1. The number of fused-ring (bicyclic) bond motifs is 1. The Morgan fingerprint density at radius 1 is 1.69 bits per heavy atom. The van der Waals surface area contributed by atoms with Crippen LogP contribution in [0.15, 0.2) is 16.7 Å². The van der Waals surface area contributed by atoms with Gasteiger partial charge in [-0.05, 0) is 22.0 Å². The number of nitrogens with zero attached hydrogens (tertiary/aromatic N) is 1. The largest absolute Gasteiger partial charge is 0.489 e. The van der Waals surface area contributed by atoms with Crippen LogP contribution in [-0.2, 0) is 0 Å². The number of rotatable bonds is 0. The average Bonchev–Trinajstić information content (AvgIpc) is 2.29. The number of nitrogens with one attached hydrogen (secondary N) is 1. The molecule has 0 bridgehead atoms. The highest BCUT2D eigenvalue weighted by molar-refractivity contribution is 9.10. The van der Waals surface area contributed by atoms with Gasteiger partial charge in [-0.2, -0.15) is 0 Å². The van der Waals surface area contributed by atoms with Crippen LogP contribution in [0, 0.1) is 5.92 Å². The van der Waals surface area contributed by atoms with Crippen molar-refractivity contribution in [2.75, 3.05) is 18.5 Å². The number of halogens is 1. The van der Waals surface area contributed by atoms with Crippen LogP contribution in [0.4, 0.5) is 5.82 Å². The van der Waals surface area contributed by atoms with Crippen molar-refractivity contribution >= 4 is 21.7 Å². The van der Waals surface area contributed by atoms with Crippen LogP contribution < -0.4 is 10.1 Å². The van der Waals surface area contributed by atoms with E-state index >= 15 is 0 Å². The van der Waals surface area contributed by atoms with Crippen molar-refractivity contribution in [3.8, 4) is 5.75 Å². The number of ether oxygens (including phenoxy) is 1. The van der Waals surface area contributed by atoms with Crippen molar-refractivity contribution in [3.05, 3.63) is 16.7 Å². The molecule has 1 aromatic rings. The molecule has 0 aliphatic carbocycles. The van der Waals surface area contributed by atoms with Crippen molar-refractivity contribution in [1.29, 1.82) is 0 Å². The summed E-state index contributed by atoms with van der Waals surface area (Å²) < 4.78 is 6.53. The summed E-state index contributed by atoms with van der Waals surface area (Å²) in [6.07, 6.45) is 1.77. The third-order valence-electron chi connectivity index (χ3n) is 1.96. The van der Waals surface area contributed by atoms with Crippen molar-refractivity contribution < 1.29 is 4.74 Å². The first-order valence-corrected chi connectivity index (χ1v) is 5.07. The molecule has 1 N–H and O–H groups in total. The summed E-state index contributed by atoms with van der Waals surface area (Å²) >= 11 is 3.36. The Bertz CT molecular complexity index is 316. The first-order valence-electron chi connectivity index (χ1n) is 4.28. The molecule has 4 heteroatoms. The lowest BCUT2D eigenvalue weighted by Crippen LogP contribution is -2.13. The molecule has 2 heterocycles. The van der Waals surface area contributed by atoms with Crippen LogP contribution in [0.5, 0.6) is 5.75 Å². The quantitative estimate of drug-likeness (QED) is 0.759. The van der Waals surface area contributed by atoms with Gasteiger partial charge in [-0.1, -0.05) is 6.92 Å². The maximum absolute atomic E-state index is 5.59. The average molecular weight is 243 g/mol. The van der Waals surface area contributed by atoms with Gasteiger partial charge in [-0.25, -0.2) is 4.98 Å². The normalized spacial score (nSPS) is 20.9. The highest BCUT2D eigenvalue weighted by atomic mass is 79.9. The van der Waals surface area contributed by atoms with Crippen LogP contribution in [0.25, 0.3) is 0 Å². The van der Waals surface area contributed by atoms with E-state index in [4.69, 9.17) is 4.74 Å². The zero-order valence-electron chi connectivity index (χ0n) is 7.38. The molecule has 1 atom stereocenters. The Labute approximate surface area is 85.6 Å². The van der Waals surface area contributed by atoms with Gasteiger partial charge < -0.3 is 10.1 Å². The summed E-state index contributed by atoms with van der Waals surface area (Å²) in [5, 5.41) is 3.25. The summed E-state index contributed by atoms with van der Waals surface area (Å²) in [5.74, 6) is 2.19. The Kier molecular flexibility index (Phi) is 2.40. The molecule has 1 aliphatic rings. The lowest BCUT2D eigenvalue weighted by Gasteiger charge is -2.06. The first-order chi connectivity index (χ1) is 6.25. The molecule has 0 amide bonds. The smallest absolute Gasteiger partial charge is 0.168 e. The van der Waals surface area contributed by atoms with E-state index < -0.39 is 0 Å². The predicted molar refractivity (Wildman–Crippen MR) is 55.1 cm³/mol. The maximum atomic E-state index is 5.59. The molecule has 0 radical (unpaired) electrons. The summed E-state index contributed by atoms with van der Waals surface area (Å²) in [5.41, 5.74) is 0. The van der Waals surface area contributed by atoms with Crippen LogP contribution >= 0.6 is 15.9 Å². The fourth-order valence-electron chi connectivity index (χ4n) is 1.23. The van der Waals surface area contributed by atoms with Crippen LogP contribution in [0.3, 0.4) is 0 Å². The van der Waals surface area contributed by atoms with Crippen LogP contribution in [0.2, 0.25) is 0 Å². The number of anilines is 1. The van der Waals surface area contributed by atoms with E-state index in [1.807, 2.05) is 6.07 Å². The zero-order chi connectivity index (χ0) is 9.26. The molecule has 0 saturated carbocycles. The standard InChI is InChI=1S/C9H11BrN2O/c1-6-3-11-9-8(13-5-6)2-7(10)4-12-9/h2,4,6H,3,5H2,1H3,(H,11,12). The van der Waals surface area contributed by atoms with Gasteiger partial charge in [0.05, 0.1) is 6.61 Å². The molecular weight excluding hydrogens is 232 g/mol. The lowest BCUT2D eigenvalue weighted by molar-refractivity contribution is 0.275. The summed E-state index contributed by atoms with van der Waals surface area (Å²) in [7, 11) is 0. The molecule has 3 nitrogen and oxygen atoms in total. The molecule has 0 saturated heterocycles. The SMILES string of the molecule is CC1CNc2ncc(Br)cc2OC1. The van der Waals surface area contributed by atoms with E-state index in [0.29, 0.717) is 5.92 Å². The van der Waals surface area contributed by atoms with Gasteiger partial charge in [0.2, 0.25) is 0 Å². The molecule has 2 rings (SSSR count). The molecule has 0 aromatic carbocycles. The van der Waals surface area contributed by atoms with E-state index in [2.05, 4.69) is 33.2 Å². The highest BCUT2D eigenvalue weighted by Crippen LogP contribution is 2.27. The third-order valence-corrected chi connectivity index (χ3v) is 2.39. The maximum Gasteiger partial charge on any atom is 0.168 e. The summed E-state index contributed by atoms with van der Waals surface area (Å²) in [6.45, 7) is 3.81. The van der Waals surface area contributed by atoms with Gasteiger partial charge in [0, 0.05) is 23.1 Å². The zero-order valence-corrected chi connectivity index (χ0v) is 8.97. The number of hydrogen-bond donors (Lipinski definition) is 1. The van der Waals surface area contributed by atoms with Crippen molar-refractivity contribution in [2.24, 2.45) is 5.92 Å². The fourth-order valence-corrected chi connectivity index (χ4v) is 1.54. The Morgan fingerprint density at radius 2 is 2.54 bits per heavy atom. The molecule has 70 valence electrons. The van der Waals surface area contributed by atoms with Gasteiger partial charge in [0.1, 0.15) is 0 Å². The fraction of sp³-hybridized carbons (Fsp3) is 0.444. The van der Waals surface area contributed by atoms with Crippen molar-refractivity contribution in [1.82, 2.24) is 4.98 Å². The second-order valence-corrected chi connectivity index (χ2v) is 4.21. The molecule has 1 aliphatic heterocycles. The third kappa shape index (κ3) is 1.94. The van der Waals surface area contributed by atoms with Crippen LogP contribution in [0.1, 0.15) is 6.92 Å². The van der Waals surface area contributed by atoms with Crippen molar-refractivity contribution in [3.63, 3.8) is 0 Å². The molecule has 0 spiro atoms. The monoisotopic (exact) mass is 242 g/mol. The van der Waals surface area contributed by atoms with Gasteiger partial charge in [0.15, 0.2) is 11.6 Å². The van der Waals surface area contributed by atoms with Crippen LogP contribution in [-0.4, -0.2) is 18.1 Å². The van der Waals surface area contributed by atoms with E-state index in [-0.39, 0.29) is 0 Å². The van der Waals surface area contributed by atoms with Crippen molar-refractivity contribution in [2.45, 2.75) is 6.92 Å². The Morgan fingerprint density at radius 3 is 3.38 bits per heavy atom. The first kappa shape index (κ1) is 8.81. The van der Waals surface area contributed by atoms with Gasteiger partial charge in [-0.3, -0.25) is 0 Å². The van der Waals surface area contributed by atoms with Gasteiger partial charge >= 0.3 is 0 Å². The molecule has 13 heavy (non-hydrogen) atoms. The number of pyridine rings is 1. The lowest BCUT2D eigenvalue weighted by atomic mass is 10.2. The topological polar surface area (TPSA) is 34.2 Å². The van der Waals surface area contributed by atoms with Gasteiger partial charge in [0.25, 0.3) is 0 Å². The highest BCUT2D eigenvalue weighted by Gasteiger charge is 2.13. The summed E-state index contributed by atoms with van der Waals surface area (Å²) in [6, 6.07) is 1.94. The molecule has 0 fully saturated rings. The molecule has 1 aromatic heterocycles. The van der Waals surface area contributed by atoms with E-state index in [9.17, 15) is 0 Å². The Balaban J connectivity index is 2.30. The predicted octanol–water partition coefficient (Wildman–Crippen LogP) is 2.28. The van der Waals surface area contributed by atoms with E-state index in [0.717, 1.165) is 29.2 Å². The summed E-state index contributed by atoms with van der Waals surface area (Å²) in [4.78, 5) is 4.23. The minimum absolute atomic E-state index is 0.521. The molecular formula is C9H11BrN2O. The van der Waals surface area contributed by atoms with Gasteiger partial charge in [-0.15, -0.1) is 0 Å². The minimum atomic E-state index is 0.521. The second-order valence-electron chi connectivity index (χ2n) is 3.30. The van der Waals surface area contributed by atoms with E-state index in [1.54, 1.807) is 6.20 Å². The minimum Gasteiger partial charge on any atom is -0.489 e. The Hall–Kier alpha value is -0.770. The molecule has 1 unspecified atom stereocenters. The second kappa shape index (κ2) is 3.54. The number of hydrogen-bond acceptors (Lipinski definition) is 3.